The molecule has 0 radical (unpaired) electrons. The average molecular weight is 1300 g/mol. The van der Waals surface area contributed by atoms with Crippen molar-refractivity contribution < 1.29 is 49.3 Å². The van der Waals surface area contributed by atoms with E-state index in [-0.39, 0.29) is 18.5 Å². The van der Waals surface area contributed by atoms with Gasteiger partial charge in [0.15, 0.2) is 6.29 Å². The van der Waals surface area contributed by atoms with Crippen molar-refractivity contribution in [3.8, 4) is 0 Å². The van der Waals surface area contributed by atoms with Crippen molar-refractivity contribution in [1.82, 2.24) is 5.32 Å². The molecule has 0 aromatic carbocycles. The standard InChI is InChI=1S/C81H153NO10/c1-3-5-7-9-11-13-15-16-42-46-49-53-57-61-65-69-77(86)90-70-66-62-58-54-50-47-44-41-39-37-35-33-31-29-27-25-23-21-19-17-18-20-22-24-26-28-30-32-34-36-38-40-43-45-48-52-56-60-64-68-76(85)82-73(72-91-81-80(89)79(88)78(87)75(71-83)92-81)74(84)67-63-59-55-51-14-12-10-8-6-4-2/h6,8,14,51,63,67,73-75,78-81,83-84,87-89H,3-5,7,9-13,15-50,52-62,64-66,68-72H2,1-2H3,(H,82,85)/b8-6+,51-14+,67-63+. The zero-order valence-electron chi connectivity index (χ0n) is 60.5. The molecule has 542 valence electrons. The molecular formula is C81H153NO10. The van der Waals surface area contributed by atoms with Gasteiger partial charge in [0.1, 0.15) is 24.4 Å². The number of carbonyl (C=O) groups is 2. The van der Waals surface area contributed by atoms with Crippen LogP contribution < -0.4 is 5.32 Å². The van der Waals surface area contributed by atoms with Crippen molar-refractivity contribution in [2.24, 2.45) is 0 Å². The van der Waals surface area contributed by atoms with E-state index in [2.05, 4.69) is 43.5 Å². The van der Waals surface area contributed by atoms with Crippen molar-refractivity contribution in [3.05, 3.63) is 36.5 Å². The molecule has 92 heavy (non-hydrogen) atoms. The summed E-state index contributed by atoms with van der Waals surface area (Å²) in [5.74, 6) is -0.169. The number of hydrogen-bond donors (Lipinski definition) is 6. The van der Waals surface area contributed by atoms with Crippen LogP contribution >= 0.6 is 0 Å². The Hall–Kier alpha value is -2.12. The number of amides is 1. The molecule has 1 saturated heterocycles. The number of esters is 1. The van der Waals surface area contributed by atoms with Crippen LogP contribution in [0.4, 0.5) is 0 Å². The van der Waals surface area contributed by atoms with Crippen LogP contribution in [-0.2, 0) is 23.8 Å². The molecular weight excluding hydrogens is 1150 g/mol. The molecule has 1 fully saturated rings. The first-order chi connectivity index (χ1) is 45.2. The summed E-state index contributed by atoms with van der Waals surface area (Å²) in [5, 5.41) is 54.3. The maximum absolute atomic E-state index is 13.0. The Balaban J connectivity index is 1.84. The van der Waals surface area contributed by atoms with E-state index >= 15 is 0 Å². The Kier molecular flexibility index (Phi) is 67.1. The number of unbranched alkanes of at least 4 members (excludes halogenated alkanes) is 54. The van der Waals surface area contributed by atoms with Crippen molar-refractivity contribution in [2.45, 2.75) is 448 Å². The number of aliphatic hydroxyl groups is 5. The molecule has 7 unspecified atom stereocenters. The summed E-state index contributed by atoms with van der Waals surface area (Å²) < 4.78 is 16.7. The molecule has 11 nitrogen and oxygen atoms in total. The predicted octanol–water partition coefficient (Wildman–Crippen LogP) is 21.7. The SMILES string of the molecule is CC/C=C/CC/C=C/CC/C=C/C(O)C(COC1OC(CO)C(O)C(O)C1O)NC(=O)CCCCCCCCCCCCCCCCCCCCCCCCCCCCCCCCCCCCCCCCCOC(=O)CCCCCCCCCCCCCCCCC. The average Bonchev–Trinajstić information content (AvgIpc) is 0.959. The van der Waals surface area contributed by atoms with Gasteiger partial charge in [0, 0.05) is 12.8 Å². The van der Waals surface area contributed by atoms with Gasteiger partial charge in [0.2, 0.25) is 5.91 Å². The Morgan fingerprint density at radius 1 is 0.402 bits per heavy atom. The first-order valence-electron chi connectivity index (χ1n) is 40.3. The van der Waals surface area contributed by atoms with E-state index in [1.807, 2.05) is 6.08 Å². The van der Waals surface area contributed by atoms with Crippen LogP contribution in [0, 0.1) is 0 Å². The summed E-state index contributed by atoms with van der Waals surface area (Å²) in [6.45, 7) is 4.26. The second-order valence-corrected chi connectivity index (χ2v) is 28.1. The number of rotatable bonds is 72. The fourth-order valence-electron chi connectivity index (χ4n) is 13.0. The minimum absolute atomic E-state index is 0.0217. The maximum atomic E-state index is 13.0. The number of nitrogens with one attached hydrogen (secondary N) is 1. The highest BCUT2D eigenvalue weighted by molar-refractivity contribution is 5.76. The number of ether oxygens (including phenoxy) is 3. The summed E-state index contributed by atoms with van der Waals surface area (Å²) >= 11 is 0. The molecule has 1 heterocycles. The maximum Gasteiger partial charge on any atom is 0.305 e. The van der Waals surface area contributed by atoms with Crippen LogP contribution in [0.5, 0.6) is 0 Å². The molecule has 1 aliphatic heterocycles. The van der Waals surface area contributed by atoms with Crippen LogP contribution in [0.1, 0.15) is 406 Å². The fourth-order valence-corrected chi connectivity index (χ4v) is 13.0. The van der Waals surface area contributed by atoms with Crippen LogP contribution in [0.15, 0.2) is 36.5 Å². The van der Waals surface area contributed by atoms with Gasteiger partial charge in [-0.05, 0) is 51.4 Å². The monoisotopic (exact) mass is 1300 g/mol. The van der Waals surface area contributed by atoms with Gasteiger partial charge in [-0.25, -0.2) is 0 Å². The second kappa shape index (κ2) is 70.2. The van der Waals surface area contributed by atoms with E-state index in [1.165, 1.54) is 315 Å². The van der Waals surface area contributed by atoms with Crippen molar-refractivity contribution in [3.63, 3.8) is 0 Å². The molecule has 1 amide bonds. The van der Waals surface area contributed by atoms with Gasteiger partial charge in [-0.15, -0.1) is 0 Å². The summed E-state index contributed by atoms with van der Waals surface area (Å²) in [7, 11) is 0. The van der Waals surface area contributed by atoms with E-state index in [1.54, 1.807) is 6.08 Å². The number of hydrogen-bond acceptors (Lipinski definition) is 10. The van der Waals surface area contributed by atoms with E-state index in [0.717, 1.165) is 64.2 Å². The normalized spacial score (nSPS) is 17.7. The lowest BCUT2D eigenvalue weighted by Gasteiger charge is -2.40. The predicted molar refractivity (Wildman–Crippen MR) is 389 cm³/mol. The molecule has 1 rings (SSSR count). The first-order valence-corrected chi connectivity index (χ1v) is 40.3. The molecule has 0 aromatic heterocycles. The van der Waals surface area contributed by atoms with E-state index < -0.39 is 49.5 Å². The third-order valence-corrected chi connectivity index (χ3v) is 19.2. The third kappa shape index (κ3) is 58.1. The molecule has 11 heteroatoms. The zero-order valence-corrected chi connectivity index (χ0v) is 60.5. The van der Waals surface area contributed by atoms with E-state index in [9.17, 15) is 35.1 Å². The molecule has 0 aromatic rings. The highest BCUT2D eigenvalue weighted by Crippen LogP contribution is 2.24. The molecule has 0 saturated carbocycles. The fraction of sp³-hybridized carbons (Fsp3) is 0.901. The summed E-state index contributed by atoms with van der Waals surface area (Å²) in [4.78, 5) is 25.1. The lowest BCUT2D eigenvalue weighted by Crippen LogP contribution is -2.60. The van der Waals surface area contributed by atoms with Gasteiger partial charge in [-0.3, -0.25) is 9.59 Å². The van der Waals surface area contributed by atoms with Crippen molar-refractivity contribution in [1.29, 1.82) is 0 Å². The topological polar surface area (TPSA) is 175 Å². The molecule has 0 bridgehead atoms. The minimum atomic E-state index is -1.58. The number of allylic oxidation sites excluding steroid dienone is 5. The first kappa shape index (κ1) is 87.9. The van der Waals surface area contributed by atoms with Crippen LogP contribution in [-0.4, -0.2) is 100 Å². The highest BCUT2D eigenvalue weighted by Gasteiger charge is 2.44. The Morgan fingerprint density at radius 2 is 0.717 bits per heavy atom. The van der Waals surface area contributed by atoms with Gasteiger partial charge in [-0.1, -0.05) is 378 Å². The van der Waals surface area contributed by atoms with Gasteiger partial charge in [-0.2, -0.15) is 0 Å². The second-order valence-electron chi connectivity index (χ2n) is 28.1. The lowest BCUT2D eigenvalue weighted by atomic mass is 9.99. The third-order valence-electron chi connectivity index (χ3n) is 19.2. The Morgan fingerprint density at radius 3 is 1.07 bits per heavy atom. The van der Waals surface area contributed by atoms with Crippen LogP contribution in [0.25, 0.3) is 0 Å². The van der Waals surface area contributed by atoms with E-state index in [0.29, 0.717) is 19.4 Å². The van der Waals surface area contributed by atoms with Gasteiger partial charge < -0.3 is 45.1 Å². The zero-order chi connectivity index (χ0) is 66.5. The van der Waals surface area contributed by atoms with Gasteiger partial charge in [0.05, 0.1) is 32.0 Å². The van der Waals surface area contributed by atoms with Crippen LogP contribution in [0.2, 0.25) is 0 Å². The molecule has 1 aliphatic rings. The van der Waals surface area contributed by atoms with Crippen LogP contribution in [0.3, 0.4) is 0 Å². The molecule has 7 atom stereocenters. The van der Waals surface area contributed by atoms with Gasteiger partial charge in [0.25, 0.3) is 0 Å². The minimum Gasteiger partial charge on any atom is -0.466 e. The summed E-state index contributed by atoms with van der Waals surface area (Å²) in [6, 6.07) is -0.829. The molecule has 0 spiro atoms. The van der Waals surface area contributed by atoms with Crippen molar-refractivity contribution >= 4 is 11.9 Å². The Labute approximate surface area is 568 Å². The number of carbonyl (C=O) groups excluding carboxylic acids is 2. The smallest absolute Gasteiger partial charge is 0.305 e. The summed E-state index contributed by atoms with van der Waals surface area (Å²) in [5.41, 5.74) is 0. The summed E-state index contributed by atoms with van der Waals surface area (Å²) in [6.07, 6.45) is 82.2. The molecule has 6 N–H and O–H groups in total. The lowest BCUT2D eigenvalue weighted by molar-refractivity contribution is -0.302. The highest BCUT2D eigenvalue weighted by atomic mass is 16.7. The molecule has 0 aliphatic carbocycles. The Bertz CT molecular complexity index is 1620. The quantitative estimate of drug-likeness (QED) is 0.0195. The number of aliphatic hydroxyl groups excluding tert-OH is 5. The van der Waals surface area contributed by atoms with E-state index in [4.69, 9.17) is 14.2 Å². The largest absolute Gasteiger partial charge is 0.466 e. The van der Waals surface area contributed by atoms with Gasteiger partial charge >= 0.3 is 5.97 Å². The van der Waals surface area contributed by atoms with Crippen molar-refractivity contribution in [2.75, 3.05) is 19.8 Å².